The molecule has 0 radical (unpaired) electrons. The molecule has 0 bridgehead atoms. The molecule has 132 valence electrons. The predicted molar refractivity (Wildman–Crippen MR) is 99.9 cm³/mol. The molecule has 0 aliphatic heterocycles. The summed E-state index contributed by atoms with van der Waals surface area (Å²) >= 11 is 1.53. The monoisotopic (exact) mass is 357 g/mol. The lowest BCUT2D eigenvalue weighted by Gasteiger charge is -2.15. The molecule has 1 aromatic heterocycles. The lowest BCUT2D eigenvalue weighted by molar-refractivity contribution is -0.151. The van der Waals surface area contributed by atoms with Gasteiger partial charge in [0.25, 0.3) is 5.91 Å². The van der Waals surface area contributed by atoms with Crippen molar-refractivity contribution in [3.8, 4) is 10.4 Å². The molecule has 1 unspecified atom stereocenters. The number of nitrogens with one attached hydrogen (secondary N) is 1. The van der Waals surface area contributed by atoms with Gasteiger partial charge in [-0.25, -0.2) is 0 Å². The van der Waals surface area contributed by atoms with Gasteiger partial charge in [-0.1, -0.05) is 31.2 Å². The molecule has 0 saturated heterocycles. The quantitative estimate of drug-likeness (QED) is 0.828. The Bertz CT molecular complexity index is 794. The van der Waals surface area contributed by atoms with Crippen LogP contribution in [0.3, 0.4) is 0 Å². The van der Waals surface area contributed by atoms with Gasteiger partial charge in [0.15, 0.2) is 0 Å². The molecular formula is C20H23NO3S. The highest BCUT2D eigenvalue weighted by Crippen LogP contribution is 2.39. The number of aryl methyl sites for hydroxylation is 2. The number of carbonyl (C=O) groups is 2. The lowest BCUT2D eigenvalue weighted by Crippen LogP contribution is -2.32. The van der Waals surface area contributed by atoms with Crippen molar-refractivity contribution in [3.05, 3.63) is 46.3 Å². The summed E-state index contributed by atoms with van der Waals surface area (Å²) in [7, 11) is 0. The van der Waals surface area contributed by atoms with Crippen LogP contribution in [0.15, 0.2) is 30.3 Å². The summed E-state index contributed by atoms with van der Waals surface area (Å²) in [4.78, 5) is 26.2. The van der Waals surface area contributed by atoms with Crippen LogP contribution in [0.1, 0.15) is 41.6 Å². The molecule has 5 heteroatoms. The third-order valence-electron chi connectivity index (χ3n) is 4.28. The zero-order valence-corrected chi connectivity index (χ0v) is 15.6. The van der Waals surface area contributed by atoms with Gasteiger partial charge in [-0.05, 0) is 49.4 Å². The van der Waals surface area contributed by atoms with Crippen molar-refractivity contribution >= 4 is 23.2 Å². The van der Waals surface area contributed by atoms with Crippen molar-refractivity contribution in [1.29, 1.82) is 0 Å². The normalized spacial score (nSPS) is 13.8. The molecule has 25 heavy (non-hydrogen) atoms. The number of rotatable bonds is 5. The SMILES string of the molecule is CC(C)OC(=O)C(C)CNC(=O)c1cc2c(s1)-c1ccccc1CC2. The first-order valence-corrected chi connectivity index (χ1v) is 9.47. The smallest absolute Gasteiger partial charge is 0.310 e. The van der Waals surface area contributed by atoms with Gasteiger partial charge in [-0.15, -0.1) is 11.3 Å². The minimum absolute atomic E-state index is 0.124. The molecule has 4 nitrogen and oxygen atoms in total. The molecule has 1 N–H and O–H groups in total. The minimum Gasteiger partial charge on any atom is -0.463 e. The molecule has 1 heterocycles. The maximum Gasteiger partial charge on any atom is 0.310 e. The molecule has 0 fully saturated rings. The molecule has 1 aromatic carbocycles. The van der Waals surface area contributed by atoms with Crippen LogP contribution in [0.4, 0.5) is 0 Å². The average molecular weight is 357 g/mol. The van der Waals surface area contributed by atoms with Crippen molar-refractivity contribution in [1.82, 2.24) is 5.32 Å². The van der Waals surface area contributed by atoms with E-state index in [0.29, 0.717) is 4.88 Å². The third-order valence-corrected chi connectivity index (χ3v) is 5.49. The van der Waals surface area contributed by atoms with Gasteiger partial charge < -0.3 is 10.1 Å². The van der Waals surface area contributed by atoms with E-state index in [2.05, 4.69) is 23.5 Å². The minimum atomic E-state index is -0.360. The zero-order valence-electron chi connectivity index (χ0n) is 14.8. The number of ether oxygens (including phenoxy) is 1. The Hall–Kier alpha value is -2.14. The van der Waals surface area contributed by atoms with Gasteiger partial charge in [-0.3, -0.25) is 9.59 Å². The fourth-order valence-electron chi connectivity index (χ4n) is 2.95. The molecule has 1 aliphatic rings. The first-order valence-electron chi connectivity index (χ1n) is 8.65. The molecule has 0 saturated carbocycles. The number of hydrogen-bond acceptors (Lipinski definition) is 4. The van der Waals surface area contributed by atoms with Gasteiger partial charge >= 0.3 is 5.97 Å². The summed E-state index contributed by atoms with van der Waals surface area (Å²) in [5.74, 6) is -0.766. The van der Waals surface area contributed by atoms with E-state index in [1.165, 1.54) is 32.9 Å². The largest absolute Gasteiger partial charge is 0.463 e. The van der Waals surface area contributed by atoms with Crippen molar-refractivity contribution in [2.24, 2.45) is 5.92 Å². The number of benzene rings is 1. The van der Waals surface area contributed by atoms with Crippen molar-refractivity contribution < 1.29 is 14.3 Å². The maximum absolute atomic E-state index is 12.5. The van der Waals surface area contributed by atoms with Gasteiger partial charge in [0, 0.05) is 11.4 Å². The van der Waals surface area contributed by atoms with Gasteiger partial charge in [0.05, 0.1) is 16.9 Å². The number of fused-ring (bicyclic) bond motifs is 3. The van der Waals surface area contributed by atoms with Crippen LogP contribution < -0.4 is 5.32 Å². The Kier molecular flexibility index (Phi) is 5.23. The van der Waals surface area contributed by atoms with Crippen molar-refractivity contribution in [2.45, 2.75) is 39.7 Å². The highest BCUT2D eigenvalue weighted by molar-refractivity contribution is 7.17. The molecule has 1 aliphatic carbocycles. The van der Waals surface area contributed by atoms with Crippen LogP contribution in [0, 0.1) is 5.92 Å². The van der Waals surface area contributed by atoms with E-state index < -0.39 is 0 Å². The summed E-state index contributed by atoms with van der Waals surface area (Å²) in [6.45, 7) is 5.68. The molecule has 3 rings (SSSR count). The summed E-state index contributed by atoms with van der Waals surface area (Å²) < 4.78 is 5.17. The topological polar surface area (TPSA) is 55.4 Å². The zero-order chi connectivity index (χ0) is 18.0. The predicted octanol–water partition coefficient (Wildman–Crippen LogP) is 3.83. The third kappa shape index (κ3) is 3.93. The van der Waals surface area contributed by atoms with Gasteiger partial charge in [-0.2, -0.15) is 0 Å². The number of hydrogen-bond donors (Lipinski definition) is 1. The second kappa shape index (κ2) is 7.40. The van der Waals surface area contributed by atoms with E-state index in [9.17, 15) is 9.59 Å². The van der Waals surface area contributed by atoms with Crippen LogP contribution in [0.25, 0.3) is 10.4 Å². The Labute approximate surface area is 152 Å². The van der Waals surface area contributed by atoms with Crippen molar-refractivity contribution in [2.75, 3.05) is 6.54 Å². The number of thiophene rings is 1. The Morgan fingerprint density at radius 3 is 2.64 bits per heavy atom. The highest BCUT2D eigenvalue weighted by Gasteiger charge is 2.22. The van der Waals surface area contributed by atoms with Crippen LogP contribution in [0.2, 0.25) is 0 Å². The van der Waals surface area contributed by atoms with Crippen LogP contribution >= 0.6 is 11.3 Å². The van der Waals surface area contributed by atoms with Gasteiger partial charge in [0.1, 0.15) is 0 Å². The van der Waals surface area contributed by atoms with Crippen LogP contribution in [-0.2, 0) is 22.4 Å². The Morgan fingerprint density at radius 2 is 1.88 bits per heavy atom. The van der Waals surface area contributed by atoms with Crippen LogP contribution in [-0.4, -0.2) is 24.5 Å². The fraction of sp³-hybridized carbons (Fsp3) is 0.400. The van der Waals surface area contributed by atoms with Crippen LogP contribution in [0.5, 0.6) is 0 Å². The highest BCUT2D eigenvalue weighted by atomic mass is 32.1. The van der Waals surface area contributed by atoms with E-state index in [4.69, 9.17) is 4.74 Å². The maximum atomic E-state index is 12.5. The molecule has 1 atom stereocenters. The lowest BCUT2D eigenvalue weighted by atomic mass is 9.91. The standard InChI is InChI=1S/C20H23NO3S/c1-12(2)24-20(23)13(3)11-21-19(22)17-10-15-9-8-14-6-4-5-7-16(14)18(15)25-17/h4-7,10,12-13H,8-9,11H2,1-3H3,(H,21,22). The first kappa shape index (κ1) is 17.7. The van der Waals surface area contributed by atoms with E-state index in [-0.39, 0.29) is 30.4 Å². The van der Waals surface area contributed by atoms with E-state index in [0.717, 1.165) is 12.8 Å². The second-order valence-electron chi connectivity index (χ2n) is 6.72. The molecular weight excluding hydrogens is 334 g/mol. The number of esters is 1. The van der Waals surface area contributed by atoms with E-state index in [1.54, 1.807) is 6.92 Å². The first-order chi connectivity index (χ1) is 12.0. The summed E-state index contributed by atoms with van der Waals surface area (Å²) in [5, 5.41) is 2.86. The molecule has 2 aromatic rings. The summed E-state index contributed by atoms with van der Waals surface area (Å²) in [6, 6.07) is 10.4. The van der Waals surface area contributed by atoms with E-state index >= 15 is 0 Å². The molecule has 0 spiro atoms. The summed E-state index contributed by atoms with van der Waals surface area (Å²) in [6.07, 6.45) is 1.83. The number of amides is 1. The molecule has 1 amide bonds. The van der Waals surface area contributed by atoms with Gasteiger partial charge in [0.2, 0.25) is 0 Å². The van der Waals surface area contributed by atoms with Crippen molar-refractivity contribution in [3.63, 3.8) is 0 Å². The average Bonchev–Trinajstić information content (AvgIpc) is 3.03. The Balaban J connectivity index is 1.67. The Morgan fingerprint density at radius 1 is 1.16 bits per heavy atom. The van der Waals surface area contributed by atoms with E-state index in [1.807, 2.05) is 26.0 Å². The second-order valence-corrected chi connectivity index (χ2v) is 7.77. The summed E-state index contributed by atoms with van der Waals surface area (Å²) in [5.41, 5.74) is 3.82. The number of carbonyl (C=O) groups excluding carboxylic acids is 2. The fourth-order valence-corrected chi connectivity index (χ4v) is 4.14.